The number of nitrogens with one attached hydrogen (secondary N) is 1. The van der Waals surface area contributed by atoms with E-state index in [9.17, 15) is 4.79 Å². The van der Waals surface area contributed by atoms with Gasteiger partial charge in [-0.3, -0.25) is 9.36 Å². The third-order valence-corrected chi connectivity index (χ3v) is 3.09. The van der Waals surface area contributed by atoms with Crippen LogP contribution in [0.25, 0.3) is 10.9 Å². The lowest BCUT2D eigenvalue weighted by Gasteiger charge is -2.09. The summed E-state index contributed by atoms with van der Waals surface area (Å²) in [5, 5.41) is 0.568. The Hall–Kier alpha value is -2.69. The molecule has 0 aliphatic rings. The first-order valence-electron chi connectivity index (χ1n) is 6.29. The van der Waals surface area contributed by atoms with Gasteiger partial charge in [0.2, 0.25) is 0 Å². The quantitative estimate of drug-likeness (QED) is 0.720. The number of pyridine rings is 1. The monoisotopic (exact) mass is 268 g/mol. The van der Waals surface area contributed by atoms with Gasteiger partial charge in [-0.15, -0.1) is 0 Å². The van der Waals surface area contributed by atoms with Crippen molar-refractivity contribution in [1.82, 2.24) is 9.55 Å². The number of ether oxygens (including phenoxy) is 1. The summed E-state index contributed by atoms with van der Waals surface area (Å²) in [6.07, 6.45) is 3.39. The van der Waals surface area contributed by atoms with Crippen LogP contribution in [0.1, 0.15) is 5.56 Å². The lowest BCUT2D eigenvalue weighted by Crippen LogP contribution is -2.21. The van der Waals surface area contributed by atoms with Gasteiger partial charge in [0.25, 0.3) is 11.6 Å². The predicted octanol–water partition coefficient (Wildman–Crippen LogP) is 1.33. The van der Waals surface area contributed by atoms with Gasteiger partial charge in [-0.05, 0) is 5.56 Å². The van der Waals surface area contributed by atoms with E-state index >= 15 is 0 Å². The van der Waals surface area contributed by atoms with E-state index in [4.69, 9.17) is 4.74 Å². The molecule has 5 nitrogen and oxygen atoms in total. The second-order valence-electron chi connectivity index (χ2n) is 4.48. The van der Waals surface area contributed by atoms with Crippen molar-refractivity contribution >= 4 is 10.9 Å². The molecule has 2 heterocycles. The lowest BCUT2D eigenvalue weighted by atomic mass is 10.2. The van der Waals surface area contributed by atoms with Crippen LogP contribution < -0.4 is 15.3 Å². The van der Waals surface area contributed by atoms with Crippen LogP contribution in [0.4, 0.5) is 0 Å². The second kappa shape index (κ2) is 5.13. The number of hydrogen-bond donors (Lipinski definition) is 0. The maximum atomic E-state index is 12.2. The van der Waals surface area contributed by atoms with Crippen LogP contribution in [0, 0.1) is 0 Å². The minimum absolute atomic E-state index is 0.118. The fourth-order valence-electron chi connectivity index (χ4n) is 1.99. The molecule has 5 heteroatoms. The maximum absolute atomic E-state index is 12.2. The molecule has 1 N–H and O–H groups in total. The molecule has 0 fully saturated rings. The SMILES string of the molecule is Cn1c(OCc2ccccc2)nc2c[nH+]ccc2c1=O. The summed E-state index contributed by atoms with van der Waals surface area (Å²) in [4.78, 5) is 19.5. The number of H-pyrrole nitrogens is 1. The Balaban J connectivity index is 1.96. The summed E-state index contributed by atoms with van der Waals surface area (Å²) in [6.45, 7) is 0.378. The van der Waals surface area contributed by atoms with E-state index in [1.165, 1.54) is 4.57 Å². The van der Waals surface area contributed by atoms with E-state index in [1.54, 1.807) is 25.5 Å². The highest BCUT2D eigenvalue weighted by Crippen LogP contribution is 2.11. The Morgan fingerprint density at radius 3 is 2.85 bits per heavy atom. The molecule has 100 valence electrons. The molecule has 0 amide bonds. The van der Waals surface area contributed by atoms with E-state index < -0.39 is 0 Å². The van der Waals surface area contributed by atoms with Gasteiger partial charge >= 0.3 is 0 Å². The smallest absolute Gasteiger partial charge is 0.300 e. The van der Waals surface area contributed by atoms with Crippen molar-refractivity contribution in [3.8, 4) is 6.01 Å². The summed E-state index contributed by atoms with van der Waals surface area (Å²) in [5.74, 6) is 0. The molecule has 0 bridgehead atoms. The van der Waals surface area contributed by atoms with E-state index in [0.717, 1.165) is 5.56 Å². The molecule has 0 unspecified atom stereocenters. The summed E-state index contributed by atoms with van der Waals surface area (Å²) in [7, 11) is 1.66. The minimum Gasteiger partial charge on any atom is -0.460 e. The molecule has 3 rings (SSSR count). The molecule has 0 saturated carbocycles. The summed E-state index contributed by atoms with van der Waals surface area (Å²) < 4.78 is 7.07. The van der Waals surface area contributed by atoms with Crippen LogP contribution in [-0.4, -0.2) is 9.55 Å². The van der Waals surface area contributed by atoms with Gasteiger partial charge in [-0.2, -0.15) is 4.98 Å². The molecule has 0 spiro atoms. The van der Waals surface area contributed by atoms with Crippen LogP contribution in [0.5, 0.6) is 6.01 Å². The zero-order chi connectivity index (χ0) is 13.9. The number of benzene rings is 1. The first-order chi connectivity index (χ1) is 9.75. The Morgan fingerprint density at radius 2 is 2.05 bits per heavy atom. The Bertz CT molecular complexity index is 797. The van der Waals surface area contributed by atoms with Crippen LogP contribution in [0.2, 0.25) is 0 Å². The molecule has 20 heavy (non-hydrogen) atoms. The summed E-state index contributed by atoms with van der Waals surface area (Å²) >= 11 is 0. The van der Waals surface area contributed by atoms with E-state index in [1.807, 2.05) is 30.3 Å². The highest BCUT2D eigenvalue weighted by atomic mass is 16.5. The van der Waals surface area contributed by atoms with E-state index in [-0.39, 0.29) is 5.56 Å². The van der Waals surface area contributed by atoms with Gasteiger partial charge in [-0.1, -0.05) is 30.3 Å². The fourth-order valence-corrected chi connectivity index (χ4v) is 1.99. The second-order valence-corrected chi connectivity index (χ2v) is 4.48. The van der Waals surface area contributed by atoms with Crippen LogP contribution in [0.3, 0.4) is 0 Å². The van der Waals surface area contributed by atoms with Crippen molar-refractivity contribution in [2.75, 3.05) is 0 Å². The Kier molecular flexibility index (Phi) is 3.16. The number of fused-ring (bicyclic) bond motifs is 1. The molecule has 0 saturated heterocycles. The molecule has 0 radical (unpaired) electrons. The van der Waals surface area contributed by atoms with Crippen molar-refractivity contribution in [1.29, 1.82) is 0 Å². The highest BCUT2D eigenvalue weighted by Gasteiger charge is 2.10. The predicted molar refractivity (Wildman–Crippen MR) is 74.3 cm³/mol. The third kappa shape index (κ3) is 2.25. The molecule has 1 aromatic carbocycles. The standard InChI is InChI=1S/C15H13N3O2/c1-18-14(19)12-7-8-16-9-13(12)17-15(18)20-10-11-5-3-2-4-6-11/h2-9H,10H2,1H3/p+1. The lowest BCUT2D eigenvalue weighted by molar-refractivity contribution is -0.376. The van der Waals surface area contributed by atoms with Gasteiger partial charge in [0, 0.05) is 13.1 Å². The molecule has 0 aliphatic heterocycles. The number of aromatic nitrogens is 3. The van der Waals surface area contributed by atoms with Gasteiger partial charge in [0.1, 0.15) is 12.1 Å². The highest BCUT2D eigenvalue weighted by molar-refractivity contribution is 5.75. The van der Waals surface area contributed by atoms with Crippen molar-refractivity contribution < 1.29 is 9.72 Å². The first-order valence-corrected chi connectivity index (χ1v) is 6.29. The minimum atomic E-state index is -0.118. The van der Waals surface area contributed by atoms with E-state index in [2.05, 4.69) is 9.97 Å². The zero-order valence-corrected chi connectivity index (χ0v) is 11.0. The molecule has 0 atom stereocenters. The van der Waals surface area contributed by atoms with Gasteiger partial charge in [0.15, 0.2) is 12.4 Å². The average molecular weight is 268 g/mol. The van der Waals surface area contributed by atoms with Crippen LogP contribution in [-0.2, 0) is 13.7 Å². The van der Waals surface area contributed by atoms with Crippen molar-refractivity contribution in [3.05, 3.63) is 64.7 Å². The average Bonchev–Trinajstić information content (AvgIpc) is 2.50. The zero-order valence-electron chi connectivity index (χ0n) is 11.0. The van der Waals surface area contributed by atoms with Gasteiger partial charge in [-0.25, -0.2) is 4.98 Å². The molecule has 0 aliphatic carbocycles. The first kappa shape index (κ1) is 12.3. The summed E-state index contributed by atoms with van der Waals surface area (Å²) in [5.41, 5.74) is 1.51. The number of aromatic amines is 1. The largest absolute Gasteiger partial charge is 0.460 e. The van der Waals surface area contributed by atoms with E-state index in [0.29, 0.717) is 23.5 Å². The fraction of sp³-hybridized carbons (Fsp3) is 0.133. The maximum Gasteiger partial charge on any atom is 0.300 e. The van der Waals surface area contributed by atoms with Crippen molar-refractivity contribution in [2.45, 2.75) is 6.61 Å². The molecule has 3 aromatic rings. The number of rotatable bonds is 3. The third-order valence-electron chi connectivity index (χ3n) is 3.09. The van der Waals surface area contributed by atoms with Crippen LogP contribution in [0.15, 0.2) is 53.6 Å². The van der Waals surface area contributed by atoms with Gasteiger partial charge in [0.05, 0.1) is 5.39 Å². The van der Waals surface area contributed by atoms with Crippen LogP contribution >= 0.6 is 0 Å². The number of nitrogens with zero attached hydrogens (tertiary/aromatic N) is 2. The Labute approximate surface area is 115 Å². The number of hydrogen-bond acceptors (Lipinski definition) is 3. The summed E-state index contributed by atoms with van der Waals surface area (Å²) in [6, 6.07) is 11.8. The topological polar surface area (TPSA) is 58.3 Å². The Morgan fingerprint density at radius 1 is 1.25 bits per heavy atom. The molecular weight excluding hydrogens is 254 g/mol. The van der Waals surface area contributed by atoms with Gasteiger partial charge < -0.3 is 4.74 Å². The van der Waals surface area contributed by atoms with Crippen molar-refractivity contribution in [2.24, 2.45) is 7.05 Å². The molecule has 2 aromatic heterocycles. The van der Waals surface area contributed by atoms with Crippen molar-refractivity contribution in [3.63, 3.8) is 0 Å². The molecular formula is C15H14N3O2+. The normalized spacial score (nSPS) is 10.7.